The summed E-state index contributed by atoms with van der Waals surface area (Å²) < 4.78 is 12.2. The van der Waals surface area contributed by atoms with Crippen molar-refractivity contribution in [2.45, 2.75) is 28.1 Å². The van der Waals surface area contributed by atoms with Crippen molar-refractivity contribution in [2.75, 3.05) is 14.2 Å². The summed E-state index contributed by atoms with van der Waals surface area (Å²) in [5.41, 5.74) is 4.50. The fraction of sp³-hybridized carbons (Fsp3) is 0.233. The molecule has 227 valence electrons. The minimum absolute atomic E-state index is 0. The second-order valence-corrected chi connectivity index (χ2v) is 7.80. The summed E-state index contributed by atoms with van der Waals surface area (Å²) in [6.45, 7) is -0.0373. The number of hydrogen-bond donors (Lipinski definition) is 2. The second kappa shape index (κ2) is 21.9. The number of hydrogen-bond acceptors (Lipinski definition) is 9. The van der Waals surface area contributed by atoms with Crippen molar-refractivity contribution in [2.24, 2.45) is 7.05 Å². The topological polar surface area (TPSA) is 128 Å². The first-order valence-electron chi connectivity index (χ1n) is 11.7. The van der Waals surface area contributed by atoms with Gasteiger partial charge in [-0.3, -0.25) is 19.9 Å². The van der Waals surface area contributed by atoms with E-state index >= 15 is 0 Å². The van der Waals surface area contributed by atoms with Crippen molar-refractivity contribution in [3.05, 3.63) is 103 Å². The zero-order valence-corrected chi connectivity index (χ0v) is 25.5. The molecule has 0 spiro atoms. The van der Waals surface area contributed by atoms with Gasteiger partial charge in [-0.05, 0) is 47.5 Å². The number of pyridine rings is 4. The molecule has 0 atom stereocenters. The van der Waals surface area contributed by atoms with Crippen LogP contribution in [0.15, 0.2) is 92.0 Å². The average molecular weight is 772 g/mol. The number of ether oxygens (including phenoxy) is 2. The molecule has 0 aliphatic rings. The number of nitrogens with zero attached hydrogens (tertiary/aromatic N) is 6. The van der Waals surface area contributed by atoms with Gasteiger partial charge in [0, 0.05) is 56.4 Å². The van der Waals surface area contributed by atoms with E-state index in [1.54, 1.807) is 87.9 Å². The molecule has 0 saturated heterocycles. The normalized spacial score (nSPS) is 9.12. The van der Waals surface area contributed by atoms with Gasteiger partial charge >= 0.3 is 27.2 Å². The van der Waals surface area contributed by atoms with Gasteiger partial charge in [-0.25, -0.2) is 4.98 Å². The molecule has 0 aliphatic heterocycles. The maximum absolute atomic E-state index is 9.02. The van der Waals surface area contributed by atoms with Crippen LogP contribution in [0.1, 0.15) is 26.0 Å². The molecule has 42 heavy (non-hydrogen) atoms. The Morgan fingerprint density at radius 1 is 0.667 bits per heavy atom. The molecule has 0 aromatic carbocycles. The zero-order chi connectivity index (χ0) is 29.2. The SMILES string of the molecule is C.C.COc1ccnc(-c2cc(OC)ccn2)c1.Cn1ccnc1.OCc1ccnc(-c2cc(CO)ccn2)c1.[Cl][Os]. The first-order valence-corrected chi connectivity index (χ1v) is 14.9. The van der Waals surface area contributed by atoms with Crippen LogP contribution in [0.2, 0.25) is 0 Å². The zero-order valence-electron chi connectivity index (χ0n) is 22.2. The van der Waals surface area contributed by atoms with Gasteiger partial charge in [0.2, 0.25) is 0 Å². The van der Waals surface area contributed by atoms with Crippen molar-refractivity contribution in [3.8, 4) is 34.3 Å². The Morgan fingerprint density at radius 3 is 1.33 bits per heavy atom. The van der Waals surface area contributed by atoms with Gasteiger partial charge < -0.3 is 24.3 Å². The molecule has 5 rings (SSSR count). The van der Waals surface area contributed by atoms with Crippen LogP contribution in [0.3, 0.4) is 0 Å². The first-order chi connectivity index (χ1) is 19.6. The van der Waals surface area contributed by atoms with E-state index < -0.39 is 0 Å². The van der Waals surface area contributed by atoms with E-state index in [2.05, 4.69) is 34.6 Å². The van der Waals surface area contributed by atoms with Crippen molar-refractivity contribution in [1.29, 1.82) is 0 Å². The fourth-order valence-electron chi connectivity index (χ4n) is 3.11. The van der Waals surface area contributed by atoms with E-state index in [4.69, 9.17) is 19.7 Å². The molecule has 5 aromatic heterocycles. The van der Waals surface area contributed by atoms with Crippen LogP contribution in [0.4, 0.5) is 0 Å². The molecule has 0 amide bonds. The van der Waals surface area contributed by atoms with E-state index in [9.17, 15) is 0 Å². The van der Waals surface area contributed by atoms with Gasteiger partial charge in [-0.15, -0.1) is 0 Å². The summed E-state index contributed by atoms with van der Waals surface area (Å²) in [5, 5.41) is 18.0. The van der Waals surface area contributed by atoms with E-state index in [1.807, 2.05) is 29.9 Å². The predicted molar refractivity (Wildman–Crippen MR) is 162 cm³/mol. The Morgan fingerprint density at radius 2 is 1.05 bits per heavy atom. The molecular formula is C30H38ClN6O4Os. The quantitative estimate of drug-likeness (QED) is 0.225. The average Bonchev–Trinajstić information content (AvgIpc) is 3.53. The molecule has 0 radical (unpaired) electrons. The Balaban J connectivity index is 0.000000615. The third-order valence-electron chi connectivity index (χ3n) is 5.11. The maximum atomic E-state index is 9.02. The Bertz CT molecular complexity index is 1230. The summed E-state index contributed by atoms with van der Waals surface area (Å²) in [6, 6.07) is 14.3. The summed E-state index contributed by atoms with van der Waals surface area (Å²) in [4.78, 5) is 20.6. The molecule has 0 unspecified atom stereocenters. The van der Waals surface area contributed by atoms with E-state index in [1.165, 1.54) is 17.6 Å². The second-order valence-electron chi connectivity index (χ2n) is 7.80. The third kappa shape index (κ3) is 12.8. The molecule has 5 heterocycles. The van der Waals surface area contributed by atoms with Crippen LogP contribution < -0.4 is 9.47 Å². The summed E-state index contributed by atoms with van der Waals surface area (Å²) in [5.74, 6) is 1.52. The van der Waals surface area contributed by atoms with E-state index in [-0.39, 0.29) is 28.1 Å². The van der Waals surface area contributed by atoms with Crippen LogP contribution in [-0.2, 0) is 37.9 Å². The van der Waals surface area contributed by atoms with Crippen LogP contribution >= 0.6 is 9.64 Å². The molecule has 10 nitrogen and oxygen atoms in total. The van der Waals surface area contributed by atoms with Crippen LogP contribution in [0, 0.1) is 0 Å². The van der Waals surface area contributed by atoms with E-state index in [0.717, 1.165) is 34.0 Å². The predicted octanol–water partition coefficient (Wildman–Crippen LogP) is 5.67. The monoisotopic (exact) mass is 773 g/mol. The Hall–Kier alpha value is -3.74. The third-order valence-corrected chi connectivity index (χ3v) is 5.11. The first kappa shape index (κ1) is 38.3. The summed E-state index contributed by atoms with van der Waals surface area (Å²) in [6.07, 6.45) is 12.0. The summed E-state index contributed by atoms with van der Waals surface area (Å²) >= 11 is 1.33. The number of methoxy groups -OCH3 is 2. The number of aromatic nitrogens is 6. The van der Waals surface area contributed by atoms with Crippen molar-refractivity contribution in [1.82, 2.24) is 29.5 Å². The minimum atomic E-state index is -0.0186. The van der Waals surface area contributed by atoms with Crippen LogP contribution in [0.5, 0.6) is 11.5 Å². The number of aliphatic hydroxyl groups excluding tert-OH is 2. The number of imidazole rings is 1. The standard InChI is InChI=1S/2C12H12N2O2.C4H6N2.2CH4.ClH.Os/c1-15-9-3-5-13-11(7-9)12-8-10(16-2)4-6-14-12;15-7-9-1-3-13-11(5-9)12-6-10(8-16)2-4-14-12;1-6-3-2-5-4-6;;;;/h3-8H,1-2H3;1-6,15-16H,7-8H2;2-4H,1H3;2*1H4;1H;/q;;;;;;+1/p-1. The molecule has 0 bridgehead atoms. The molecule has 2 N–H and O–H groups in total. The molecule has 0 saturated carbocycles. The Labute approximate surface area is 262 Å². The van der Waals surface area contributed by atoms with Gasteiger partial charge in [0.05, 0.1) is 56.5 Å². The molecule has 12 heteroatoms. The number of aryl methyl sites for hydroxylation is 1. The summed E-state index contributed by atoms with van der Waals surface area (Å²) in [7, 11) is 9.85. The fourth-order valence-corrected chi connectivity index (χ4v) is 3.11. The number of halogens is 1. The molecule has 0 fully saturated rings. The number of rotatable bonds is 6. The van der Waals surface area contributed by atoms with Crippen LogP contribution in [0.25, 0.3) is 22.8 Å². The van der Waals surface area contributed by atoms with Gasteiger partial charge in [0.25, 0.3) is 0 Å². The van der Waals surface area contributed by atoms with Crippen molar-refractivity contribution < 1.29 is 37.3 Å². The molecular weight excluding hydrogens is 734 g/mol. The van der Waals surface area contributed by atoms with Gasteiger partial charge in [-0.2, -0.15) is 0 Å². The van der Waals surface area contributed by atoms with Crippen LogP contribution in [-0.4, -0.2) is 53.9 Å². The van der Waals surface area contributed by atoms with Gasteiger partial charge in [0.15, 0.2) is 0 Å². The molecule has 0 aliphatic carbocycles. The Kier molecular flexibility index (Phi) is 20.0. The number of aliphatic hydroxyl groups is 2. The van der Waals surface area contributed by atoms with Gasteiger partial charge in [-0.1, -0.05) is 14.9 Å². The van der Waals surface area contributed by atoms with Gasteiger partial charge in [0.1, 0.15) is 11.5 Å². The van der Waals surface area contributed by atoms with Crippen molar-refractivity contribution >= 4 is 9.64 Å². The molecule has 5 aromatic rings. The van der Waals surface area contributed by atoms with E-state index in [0.29, 0.717) is 11.4 Å². The van der Waals surface area contributed by atoms with Crippen molar-refractivity contribution in [3.63, 3.8) is 0 Å².